The van der Waals surface area contributed by atoms with Crippen LogP contribution in [0.3, 0.4) is 0 Å². The van der Waals surface area contributed by atoms with Gasteiger partial charge in [0.2, 0.25) is 0 Å². The average molecular weight is 242 g/mol. The lowest BCUT2D eigenvalue weighted by molar-refractivity contribution is 0.144. The van der Waals surface area contributed by atoms with Crippen molar-refractivity contribution in [3.05, 3.63) is 71.8 Å². The van der Waals surface area contributed by atoms with E-state index >= 15 is 0 Å². The monoisotopic (exact) mass is 242 g/mol. The fraction of sp³-hybridized carbons (Fsp3) is 0.250. The molecule has 0 radical (unpaired) electrons. The molecule has 1 nitrogen and oxygen atoms in total. The Kier molecular flexibility index (Phi) is 2.49. The molecule has 1 fully saturated rings. The molecule has 1 aliphatic carbocycles. The molecule has 18 heavy (non-hydrogen) atoms. The fourth-order valence-corrected chi connectivity index (χ4v) is 2.90. The van der Waals surface area contributed by atoms with Crippen LogP contribution < -0.4 is 0 Å². The summed E-state index contributed by atoms with van der Waals surface area (Å²) in [6.45, 7) is -0.434. The lowest BCUT2D eigenvalue weighted by Gasteiger charge is -2.20. The third-order valence-electron chi connectivity index (χ3n) is 3.97. The zero-order valence-electron chi connectivity index (χ0n) is 10.0. The van der Waals surface area contributed by atoms with Gasteiger partial charge in [-0.2, -0.15) is 0 Å². The summed E-state index contributed by atoms with van der Waals surface area (Å²) < 4.78 is 14.7. The SMILES string of the molecule is OC[C@@]1(F)CC1(c1ccccc1)c1ccccc1. The number of alkyl halides is 1. The summed E-state index contributed by atoms with van der Waals surface area (Å²) in [6, 6.07) is 19.2. The van der Waals surface area contributed by atoms with Crippen LogP contribution in [-0.2, 0) is 5.41 Å². The normalized spacial score (nSPS) is 24.8. The molecule has 2 heteroatoms. The molecule has 0 unspecified atom stereocenters. The Hall–Kier alpha value is -1.67. The van der Waals surface area contributed by atoms with Crippen molar-refractivity contribution in [1.29, 1.82) is 0 Å². The van der Waals surface area contributed by atoms with Crippen LogP contribution in [0.25, 0.3) is 0 Å². The molecule has 0 aliphatic heterocycles. The molecule has 3 rings (SSSR count). The van der Waals surface area contributed by atoms with E-state index in [1.807, 2.05) is 60.7 Å². The number of benzene rings is 2. The predicted octanol–water partition coefficient (Wildman–Crippen LogP) is 3.08. The second kappa shape index (κ2) is 3.92. The third kappa shape index (κ3) is 1.42. The number of aliphatic hydroxyl groups is 1. The van der Waals surface area contributed by atoms with Gasteiger partial charge in [0, 0.05) is 6.42 Å². The summed E-state index contributed by atoms with van der Waals surface area (Å²) in [5.74, 6) is 0. The molecule has 1 saturated carbocycles. The van der Waals surface area contributed by atoms with Gasteiger partial charge in [-0.15, -0.1) is 0 Å². The molecule has 0 spiro atoms. The second-order valence-electron chi connectivity index (χ2n) is 4.94. The maximum atomic E-state index is 14.7. The standard InChI is InChI=1S/C16H15FO/c17-15(12-18)11-16(15,13-7-3-1-4-8-13)14-9-5-2-6-10-14/h1-10,18H,11-12H2/t15-/m0/s1. The molecular weight excluding hydrogens is 227 g/mol. The molecule has 92 valence electrons. The first kappa shape index (κ1) is 11.4. The van der Waals surface area contributed by atoms with Crippen molar-refractivity contribution in [3.63, 3.8) is 0 Å². The van der Waals surface area contributed by atoms with Crippen molar-refractivity contribution >= 4 is 0 Å². The van der Waals surface area contributed by atoms with Crippen LogP contribution in [0.4, 0.5) is 4.39 Å². The smallest absolute Gasteiger partial charge is 0.148 e. The summed E-state index contributed by atoms with van der Waals surface area (Å²) in [5.41, 5.74) is -0.333. The second-order valence-corrected chi connectivity index (χ2v) is 4.94. The minimum atomic E-state index is -1.53. The summed E-state index contributed by atoms with van der Waals surface area (Å²) in [6.07, 6.45) is 0.352. The first-order chi connectivity index (χ1) is 8.73. The van der Waals surface area contributed by atoms with E-state index in [4.69, 9.17) is 0 Å². The Balaban J connectivity index is 2.14. The van der Waals surface area contributed by atoms with E-state index in [0.29, 0.717) is 6.42 Å². The number of aliphatic hydroxyl groups excluding tert-OH is 1. The van der Waals surface area contributed by atoms with Gasteiger partial charge in [-0.05, 0) is 11.1 Å². The van der Waals surface area contributed by atoms with Crippen molar-refractivity contribution in [3.8, 4) is 0 Å². The zero-order chi connectivity index (χ0) is 12.6. The molecule has 1 atom stereocenters. The predicted molar refractivity (Wildman–Crippen MR) is 69.2 cm³/mol. The summed E-state index contributed by atoms with van der Waals surface area (Å²) in [4.78, 5) is 0. The van der Waals surface area contributed by atoms with Gasteiger partial charge < -0.3 is 5.11 Å². The van der Waals surface area contributed by atoms with E-state index in [1.165, 1.54) is 0 Å². The molecule has 0 amide bonds. The minimum absolute atomic E-state index is 0.352. The number of halogens is 1. The van der Waals surface area contributed by atoms with Gasteiger partial charge in [-0.3, -0.25) is 0 Å². The lowest BCUT2D eigenvalue weighted by atomic mass is 9.85. The van der Waals surface area contributed by atoms with E-state index in [-0.39, 0.29) is 0 Å². The van der Waals surface area contributed by atoms with Crippen LogP contribution in [0.15, 0.2) is 60.7 Å². The Labute approximate surface area is 106 Å². The summed E-state index contributed by atoms with van der Waals surface area (Å²) in [7, 11) is 0. The largest absolute Gasteiger partial charge is 0.393 e. The molecule has 0 aromatic heterocycles. The Morgan fingerprint density at radius 1 is 0.889 bits per heavy atom. The molecule has 0 bridgehead atoms. The maximum absolute atomic E-state index is 14.7. The summed E-state index contributed by atoms with van der Waals surface area (Å²) in [5, 5.41) is 9.35. The molecule has 1 N–H and O–H groups in total. The molecule has 0 heterocycles. The van der Waals surface area contributed by atoms with Crippen molar-refractivity contribution < 1.29 is 9.50 Å². The Morgan fingerprint density at radius 2 is 1.33 bits per heavy atom. The minimum Gasteiger partial charge on any atom is -0.393 e. The zero-order valence-corrected chi connectivity index (χ0v) is 10.0. The number of hydrogen-bond acceptors (Lipinski definition) is 1. The Morgan fingerprint density at radius 3 is 1.67 bits per heavy atom. The highest BCUT2D eigenvalue weighted by Crippen LogP contribution is 2.63. The molecule has 2 aromatic rings. The van der Waals surface area contributed by atoms with Crippen LogP contribution in [0.1, 0.15) is 17.5 Å². The van der Waals surface area contributed by atoms with E-state index in [0.717, 1.165) is 11.1 Å². The molecular formula is C16H15FO. The van der Waals surface area contributed by atoms with E-state index in [1.54, 1.807) is 0 Å². The van der Waals surface area contributed by atoms with Gasteiger partial charge in [-0.1, -0.05) is 60.7 Å². The van der Waals surface area contributed by atoms with Crippen LogP contribution in [0, 0.1) is 0 Å². The van der Waals surface area contributed by atoms with Crippen LogP contribution in [0.5, 0.6) is 0 Å². The van der Waals surface area contributed by atoms with Crippen LogP contribution in [0.2, 0.25) is 0 Å². The lowest BCUT2D eigenvalue weighted by Crippen LogP contribution is -2.24. The third-order valence-corrected chi connectivity index (χ3v) is 3.97. The summed E-state index contributed by atoms with van der Waals surface area (Å²) >= 11 is 0. The van der Waals surface area contributed by atoms with E-state index in [2.05, 4.69) is 0 Å². The van der Waals surface area contributed by atoms with Crippen LogP contribution >= 0.6 is 0 Å². The van der Waals surface area contributed by atoms with Gasteiger partial charge in [0.15, 0.2) is 0 Å². The number of hydrogen-bond donors (Lipinski definition) is 1. The van der Waals surface area contributed by atoms with Crippen molar-refractivity contribution in [2.45, 2.75) is 17.5 Å². The maximum Gasteiger partial charge on any atom is 0.148 e. The van der Waals surface area contributed by atoms with Gasteiger partial charge in [0.05, 0.1) is 12.0 Å². The van der Waals surface area contributed by atoms with Crippen molar-refractivity contribution in [2.24, 2.45) is 0 Å². The number of rotatable bonds is 3. The van der Waals surface area contributed by atoms with Gasteiger partial charge in [0.25, 0.3) is 0 Å². The highest BCUT2D eigenvalue weighted by atomic mass is 19.1. The van der Waals surface area contributed by atoms with Crippen molar-refractivity contribution in [2.75, 3.05) is 6.61 Å². The first-order valence-electron chi connectivity index (χ1n) is 6.14. The first-order valence-corrected chi connectivity index (χ1v) is 6.14. The molecule has 0 saturated heterocycles. The Bertz CT molecular complexity index is 498. The molecule has 2 aromatic carbocycles. The topological polar surface area (TPSA) is 20.2 Å². The average Bonchev–Trinajstić information content (AvgIpc) is 3.09. The van der Waals surface area contributed by atoms with Gasteiger partial charge >= 0.3 is 0 Å². The molecule has 1 aliphatic rings. The fourth-order valence-electron chi connectivity index (χ4n) is 2.90. The van der Waals surface area contributed by atoms with Gasteiger partial charge in [-0.25, -0.2) is 4.39 Å². The highest BCUT2D eigenvalue weighted by Gasteiger charge is 2.70. The highest BCUT2D eigenvalue weighted by molar-refractivity contribution is 5.52. The quantitative estimate of drug-likeness (QED) is 0.877. The van der Waals surface area contributed by atoms with Crippen molar-refractivity contribution in [1.82, 2.24) is 0 Å². The van der Waals surface area contributed by atoms with Gasteiger partial charge in [0.1, 0.15) is 5.67 Å². The van der Waals surface area contributed by atoms with E-state index < -0.39 is 17.7 Å². The van der Waals surface area contributed by atoms with E-state index in [9.17, 15) is 9.50 Å². The van der Waals surface area contributed by atoms with Crippen LogP contribution in [-0.4, -0.2) is 17.4 Å².